The molecular formula is C11H14N2O. The van der Waals surface area contributed by atoms with Crippen molar-refractivity contribution in [3.8, 4) is 5.75 Å². The van der Waals surface area contributed by atoms with E-state index in [9.17, 15) is 0 Å². The van der Waals surface area contributed by atoms with Crippen LogP contribution in [0.1, 0.15) is 24.9 Å². The molecule has 0 spiro atoms. The van der Waals surface area contributed by atoms with Crippen molar-refractivity contribution in [3.05, 3.63) is 29.8 Å². The number of benzene rings is 1. The average molecular weight is 190 g/mol. The first kappa shape index (κ1) is 9.19. The van der Waals surface area contributed by atoms with Crippen LogP contribution in [-0.4, -0.2) is 13.2 Å². The molecule has 0 bridgehead atoms. The van der Waals surface area contributed by atoms with E-state index in [1.54, 1.807) is 0 Å². The Balaban J connectivity index is 2.09. The third-order valence-electron chi connectivity index (χ3n) is 2.30. The Hall–Kier alpha value is -1.38. The van der Waals surface area contributed by atoms with Crippen molar-refractivity contribution in [1.82, 2.24) is 0 Å². The molecule has 1 aromatic rings. The topological polar surface area (TPSA) is 34.0 Å². The zero-order valence-electron chi connectivity index (χ0n) is 8.31. The van der Waals surface area contributed by atoms with Gasteiger partial charge in [0.15, 0.2) is 0 Å². The van der Waals surface area contributed by atoms with Crippen LogP contribution in [0.25, 0.3) is 0 Å². The molecule has 0 aromatic heterocycles. The largest absolute Gasteiger partial charge is 0.494 e. The molecule has 0 saturated heterocycles. The lowest BCUT2D eigenvalue weighted by Gasteiger charge is -2.07. The van der Waals surface area contributed by atoms with Crippen LogP contribution in [0.3, 0.4) is 0 Å². The maximum Gasteiger partial charge on any atom is 0.119 e. The molecule has 0 radical (unpaired) electrons. The molecule has 0 amide bonds. The molecule has 1 unspecified atom stereocenters. The van der Waals surface area contributed by atoms with E-state index >= 15 is 0 Å². The highest BCUT2D eigenvalue weighted by Gasteiger charge is 2.13. The van der Waals surface area contributed by atoms with Crippen molar-refractivity contribution in [2.75, 3.05) is 13.2 Å². The van der Waals surface area contributed by atoms with Crippen molar-refractivity contribution in [1.29, 1.82) is 0 Å². The molecule has 0 N–H and O–H groups in total. The molecule has 1 atom stereocenters. The van der Waals surface area contributed by atoms with Crippen LogP contribution in [0.2, 0.25) is 0 Å². The standard InChI is InChI=1S/C11H14N2O/c1-2-14-10-5-3-9(4-6-10)11-7-8-12-13-11/h3-6,11H,2,7-8H2,1H3. The number of azo groups is 1. The van der Waals surface area contributed by atoms with E-state index in [1.165, 1.54) is 5.56 Å². The van der Waals surface area contributed by atoms with Crippen LogP contribution in [0.4, 0.5) is 0 Å². The van der Waals surface area contributed by atoms with Crippen LogP contribution in [0.15, 0.2) is 34.5 Å². The summed E-state index contributed by atoms with van der Waals surface area (Å²) in [6.07, 6.45) is 1.04. The summed E-state index contributed by atoms with van der Waals surface area (Å²) in [6.45, 7) is 3.56. The van der Waals surface area contributed by atoms with E-state index in [0.717, 1.165) is 18.7 Å². The minimum atomic E-state index is 0.269. The summed E-state index contributed by atoms with van der Waals surface area (Å²) >= 11 is 0. The van der Waals surface area contributed by atoms with E-state index in [4.69, 9.17) is 4.74 Å². The van der Waals surface area contributed by atoms with Crippen molar-refractivity contribution < 1.29 is 4.74 Å². The summed E-state index contributed by atoms with van der Waals surface area (Å²) in [5, 5.41) is 8.16. The molecule has 0 fully saturated rings. The second kappa shape index (κ2) is 4.22. The van der Waals surface area contributed by atoms with Crippen molar-refractivity contribution in [3.63, 3.8) is 0 Å². The van der Waals surface area contributed by atoms with Crippen LogP contribution >= 0.6 is 0 Å². The predicted molar refractivity (Wildman–Crippen MR) is 54.7 cm³/mol. The maximum atomic E-state index is 5.37. The summed E-state index contributed by atoms with van der Waals surface area (Å²) in [7, 11) is 0. The van der Waals surface area contributed by atoms with Gasteiger partial charge in [0.05, 0.1) is 19.2 Å². The molecule has 3 nitrogen and oxygen atoms in total. The fourth-order valence-corrected chi connectivity index (χ4v) is 1.58. The third kappa shape index (κ3) is 1.92. The molecule has 0 aliphatic carbocycles. The Labute approximate surface area is 83.8 Å². The van der Waals surface area contributed by atoms with Gasteiger partial charge in [-0.2, -0.15) is 10.2 Å². The molecule has 0 saturated carbocycles. The van der Waals surface area contributed by atoms with Gasteiger partial charge in [-0.25, -0.2) is 0 Å². The van der Waals surface area contributed by atoms with E-state index in [1.807, 2.05) is 19.1 Å². The first-order valence-electron chi connectivity index (χ1n) is 4.99. The second-order valence-corrected chi connectivity index (χ2v) is 3.29. The van der Waals surface area contributed by atoms with Gasteiger partial charge in [0.2, 0.25) is 0 Å². The zero-order valence-corrected chi connectivity index (χ0v) is 8.31. The smallest absolute Gasteiger partial charge is 0.119 e. The van der Waals surface area contributed by atoms with E-state index in [2.05, 4.69) is 22.4 Å². The fraction of sp³-hybridized carbons (Fsp3) is 0.455. The van der Waals surface area contributed by atoms with Crippen molar-refractivity contribution >= 4 is 0 Å². The zero-order chi connectivity index (χ0) is 9.80. The highest BCUT2D eigenvalue weighted by Crippen LogP contribution is 2.27. The number of nitrogens with zero attached hydrogens (tertiary/aromatic N) is 2. The van der Waals surface area contributed by atoms with Crippen LogP contribution in [0.5, 0.6) is 5.75 Å². The van der Waals surface area contributed by atoms with Gasteiger partial charge >= 0.3 is 0 Å². The number of ether oxygens (including phenoxy) is 1. The Bertz CT molecular complexity index is 319. The van der Waals surface area contributed by atoms with E-state index in [-0.39, 0.29) is 6.04 Å². The Morgan fingerprint density at radius 2 is 2.14 bits per heavy atom. The average Bonchev–Trinajstić information content (AvgIpc) is 2.72. The van der Waals surface area contributed by atoms with Gasteiger partial charge in [0.25, 0.3) is 0 Å². The second-order valence-electron chi connectivity index (χ2n) is 3.29. The lowest BCUT2D eigenvalue weighted by Crippen LogP contribution is -1.94. The van der Waals surface area contributed by atoms with Gasteiger partial charge in [-0.1, -0.05) is 12.1 Å². The summed E-state index contributed by atoms with van der Waals surface area (Å²) in [5.41, 5.74) is 1.23. The fourth-order valence-electron chi connectivity index (χ4n) is 1.58. The summed E-state index contributed by atoms with van der Waals surface area (Å²) in [5.74, 6) is 0.922. The number of rotatable bonds is 3. The molecular weight excluding hydrogens is 176 g/mol. The lowest BCUT2D eigenvalue weighted by molar-refractivity contribution is 0.340. The van der Waals surface area contributed by atoms with Gasteiger partial charge in [-0.15, -0.1) is 0 Å². The lowest BCUT2D eigenvalue weighted by atomic mass is 10.1. The quantitative estimate of drug-likeness (QED) is 0.721. The molecule has 1 aliphatic rings. The Morgan fingerprint density at radius 1 is 1.36 bits per heavy atom. The van der Waals surface area contributed by atoms with Gasteiger partial charge in [-0.05, 0) is 31.0 Å². The van der Waals surface area contributed by atoms with Crippen LogP contribution in [0, 0.1) is 0 Å². The normalized spacial score (nSPS) is 19.9. The minimum Gasteiger partial charge on any atom is -0.494 e. The summed E-state index contributed by atoms with van der Waals surface area (Å²) in [4.78, 5) is 0. The van der Waals surface area contributed by atoms with Gasteiger partial charge in [0, 0.05) is 0 Å². The van der Waals surface area contributed by atoms with Crippen LogP contribution < -0.4 is 4.74 Å². The summed E-state index contributed by atoms with van der Waals surface area (Å²) < 4.78 is 5.37. The Kier molecular flexibility index (Phi) is 2.77. The van der Waals surface area contributed by atoms with Crippen molar-refractivity contribution in [2.24, 2.45) is 10.2 Å². The first-order chi connectivity index (χ1) is 6.90. The number of hydrogen-bond donors (Lipinski definition) is 0. The molecule has 1 heterocycles. The van der Waals surface area contributed by atoms with Gasteiger partial charge in [0.1, 0.15) is 5.75 Å². The third-order valence-corrected chi connectivity index (χ3v) is 2.30. The maximum absolute atomic E-state index is 5.37. The predicted octanol–water partition coefficient (Wildman–Crippen LogP) is 2.98. The van der Waals surface area contributed by atoms with Gasteiger partial charge < -0.3 is 4.74 Å². The minimum absolute atomic E-state index is 0.269. The molecule has 1 aromatic carbocycles. The van der Waals surface area contributed by atoms with E-state index in [0.29, 0.717) is 6.61 Å². The number of hydrogen-bond acceptors (Lipinski definition) is 3. The summed E-state index contributed by atoms with van der Waals surface area (Å²) in [6, 6.07) is 8.39. The monoisotopic (exact) mass is 190 g/mol. The molecule has 14 heavy (non-hydrogen) atoms. The van der Waals surface area contributed by atoms with Crippen LogP contribution in [-0.2, 0) is 0 Å². The van der Waals surface area contributed by atoms with Crippen molar-refractivity contribution in [2.45, 2.75) is 19.4 Å². The molecule has 2 rings (SSSR count). The SMILES string of the molecule is CCOc1ccc(C2CCN=N2)cc1. The molecule has 3 heteroatoms. The first-order valence-corrected chi connectivity index (χ1v) is 4.99. The highest BCUT2D eigenvalue weighted by atomic mass is 16.5. The molecule has 74 valence electrons. The Morgan fingerprint density at radius 3 is 2.71 bits per heavy atom. The molecule has 1 aliphatic heterocycles. The highest BCUT2D eigenvalue weighted by molar-refractivity contribution is 5.29. The van der Waals surface area contributed by atoms with Gasteiger partial charge in [-0.3, -0.25) is 0 Å². The van der Waals surface area contributed by atoms with E-state index < -0.39 is 0 Å².